The molecule has 1 aromatic rings. The topological polar surface area (TPSA) is 24.5 Å². The average molecular weight is 290 g/mol. The summed E-state index contributed by atoms with van der Waals surface area (Å²) in [6, 6.07) is 11.3. The number of piperidine rings is 1. The van der Waals surface area contributed by atoms with Gasteiger partial charge in [-0.25, -0.2) is 0 Å². The highest BCUT2D eigenvalue weighted by Gasteiger charge is 2.20. The fourth-order valence-corrected chi connectivity index (χ4v) is 3.17. The lowest BCUT2D eigenvalue weighted by molar-refractivity contribution is 0.0136. The first-order chi connectivity index (χ1) is 10.3. The molecule has 1 saturated heterocycles. The lowest BCUT2D eigenvalue weighted by Crippen LogP contribution is -2.38. The van der Waals surface area contributed by atoms with Gasteiger partial charge in [0.1, 0.15) is 0 Å². The molecule has 1 atom stereocenters. The molecule has 1 aliphatic rings. The van der Waals surface area contributed by atoms with Crippen molar-refractivity contribution in [2.75, 3.05) is 32.8 Å². The largest absolute Gasteiger partial charge is 0.378 e. The van der Waals surface area contributed by atoms with Crippen LogP contribution in [0.25, 0.3) is 0 Å². The number of likely N-dealkylation sites (tertiary alicyclic amines) is 1. The normalized spacial score (nSPS) is 18.8. The van der Waals surface area contributed by atoms with Gasteiger partial charge in [-0.05, 0) is 44.8 Å². The van der Waals surface area contributed by atoms with Crippen LogP contribution in [-0.2, 0) is 4.74 Å². The second-order valence-electron chi connectivity index (χ2n) is 5.81. The molecule has 3 heteroatoms. The number of benzene rings is 1. The van der Waals surface area contributed by atoms with Crippen molar-refractivity contribution in [3.63, 3.8) is 0 Å². The Hall–Kier alpha value is -0.900. The Kier molecular flexibility index (Phi) is 7.20. The van der Waals surface area contributed by atoms with Crippen LogP contribution >= 0.6 is 0 Å². The van der Waals surface area contributed by atoms with Crippen LogP contribution in [0.5, 0.6) is 0 Å². The van der Waals surface area contributed by atoms with Crippen molar-refractivity contribution in [1.82, 2.24) is 10.2 Å². The molecule has 1 N–H and O–H groups in total. The Morgan fingerprint density at radius 3 is 2.52 bits per heavy atom. The molecule has 21 heavy (non-hydrogen) atoms. The fraction of sp³-hybridized carbons (Fsp3) is 0.667. The van der Waals surface area contributed by atoms with E-state index in [4.69, 9.17) is 4.74 Å². The van der Waals surface area contributed by atoms with Crippen molar-refractivity contribution in [3.05, 3.63) is 35.9 Å². The van der Waals surface area contributed by atoms with E-state index in [-0.39, 0.29) is 0 Å². The summed E-state index contributed by atoms with van der Waals surface area (Å²) in [5, 5.41) is 3.62. The zero-order chi connectivity index (χ0) is 14.9. The van der Waals surface area contributed by atoms with E-state index in [0.717, 1.165) is 13.2 Å². The molecular weight excluding hydrogens is 260 g/mol. The number of rotatable bonds is 8. The molecule has 1 unspecified atom stereocenters. The van der Waals surface area contributed by atoms with E-state index in [1.54, 1.807) is 0 Å². The molecule has 0 saturated carbocycles. The maximum Gasteiger partial charge on any atom is 0.0599 e. The molecule has 0 radical (unpaired) electrons. The Balaban J connectivity index is 1.78. The maximum absolute atomic E-state index is 5.73. The van der Waals surface area contributed by atoms with Crippen molar-refractivity contribution in [2.24, 2.45) is 0 Å². The van der Waals surface area contributed by atoms with Crippen LogP contribution in [-0.4, -0.2) is 43.8 Å². The van der Waals surface area contributed by atoms with Crippen LogP contribution in [0.2, 0.25) is 0 Å². The molecule has 1 aliphatic heterocycles. The first-order valence-corrected chi connectivity index (χ1v) is 8.45. The highest BCUT2D eigenvalue weighted by molar-refractivity contribution is 5.18. The Labute approximate surface area is 129 Å². The molecule has 0 bridgehead atoms. The minimum Gasteiger partial charge on any atom is -0.378 e. The second-order valence-corrected chi connectivity index (χ2v) is 5.81. The summed E-state index contributed by atoms with van der Waals surface area (Å²) in [6.07, 6.45) is 4.04. The quantitative estimate of drug-likeness (QED) is 0.795. The summed E-state index contributed by atoms with van der Waals surface area (Å²) in [5.74, 6) is 0. The van der Waals surface area contributed by atoms with E-state index in [9.17, 15) is 0 Å². The molecule has 3 nitrogen and oxygen atoms in total. The van der Waals surface area contributed by atoms with Gasteiger partial charge in [0.15, 0.2) is 0 Å². The number of nitrogens with zero attached hydrogens (tertiary/aromatic N) is 1. The van der Waals surface area contributed by atoms with Crippen LogP contribution in [0, 0.1) is 0 Å². The van der Waals surface area contributed by atoms with E-state index >= 15 is 0 Å². The SMILES string of the molecule is CCNC(CCN1CCC(OCC)CC1)c1ccccc1. The molecule has 0 aromatic heterocycles. The first-order valence-electron chi connectivity index (χ1n) is 8.45. The molecule has 2 rings (SSSR count). The van der Waals surface area contributed by atoms with Crippen molar-refractivity contribution in [1.29, 1.82) is 0 Å². The minimum absolute atomic E-state index is 0.473. The molecular formula is C18H30N2O. The van der Waals surface area contributed by atoms with E-state index in [1.807, 2.05) is 0 Å². The first kappa shape index (κ1) is 16.5. The van der Waals surface area contributed by atoms with Crippen molar-refractivity contribution in [3.8, 4) is 0 Å². The summed E-state index contributed by atoms with van der Waals surface area (Å²) >= 11 is 0. The second kappa shape index (κ2) is 9.19. The fourth-order valence-electron chi connectivity index (χ4n) is 3.17. The minimum atomic E-state index is 0.473. The van der Waals surface area contributed by atoms with Crippen LogP contribution < -0.4 is 5.32 Å². The third-order valence-electron chi connectivity index (χ3n) is 4.32. The number of ether oxygens (including phenoxy) is 1. The number of hydrogen-bond acceptors (Lipinski definition) is 3. The zero-order valence-electron chi connectivity index (χ0n) is 13.6. The van der Waals surface area contributed by atoms with E-state index in [0.29, 0.717) is 12.1 Å². The monoisotopic (exact) mass is 290 g/mol. The third-order valence-corrected chi connectivity index (χ3v) is 4.32. The van der Waals surface area contributed by atoms with Gasteiger partial charge in [-0.2, -0.15) is 0 Å². The zero-order valence-corrected chi connectivity index (χ0v) is 13.6. The standard InChI is InChI=1S/C18H30N2O/c1-3-19-18(16-8-6-5-7-9-16)12-15-20-13-10-17(11-14-20)21-4-2/h5-9,17-19H,3-4,10-15H2,1-2H3. The van der Waals surface area contributed by atoms with Gasteiger partial charge >= 0.3 is 0 Å². The summed E-state index contributed by atoms with van der Waals surface area (Å²) in [7, 11) is 0. The highest BCUT2D eigenvalue weighted by Crippen LogP contribution is 2.19. The number of hydrogen-bond donors (Lipinski definition) is 1. The van der Waals surface area contributed by atoms with Gasteiger partial charge in [0.2, 0.25) is 0 Å². The predicted molar refractivity (Wildman–Crippen MR) is 88.6 cm³/mol. The van der Waals surface area contributed by atoms with Gasteiger partial charge in [-0.1, -0.05) is 37.3 Å². The lowest BCUT2D eigenvalue weighted by atomic mass is 10.0. The van der Waals surface area contributed by atoms with Gasteiger partial charge in [-0.15, -0.1) is 0 Å². The smallest absolute Gasteiger partial charge is 0.0599 e. The molecule has 1 fully saturated rings. The maximum atomic E-state index is 5.73. The van der Waals surface area contributed by atoms with Crippen LogP contribution in [0.4, 0.5) is 0 Å². The van der Waals surface area contributed by atoms with E-state index < -0.39 is 0 Å². The van der Waals surface area contributed by atoms with Crippen molar-refractivity contribution >= 4 is 0 Å². The van der Waals surface area contributed by atoms with E-state index in [1.165, 1.54) is 44.5 Å². The Bertz CT molecular complexity index is 374. The third kappa shape index (κ3) is 5.42. The summed E-state index contributed by atoms with van der Waals surface area (Å²) in [5.41, 5.74) is 1.41. The molecule has 0 aliphatic carbocycles. The highest BCUT2D eigenvalue weighted by atomic mass is 16.5. The van der Waals surface area contributed by atoms with Gasteiger partial charge < -0.3 is 15.0 Å². The molecule has 118 valence electrons. The van der Waals surface area contributed by atoms with Crippen LogP contribution in [0.15, 0.2) is 30.3 Å². The van der Waals surface area contributed by atoms with Gasteiger partial charge in [0, 0.05) is 25.7 Å². The van der Waals surface area contributed by atoms with Gasteiger partial charge in [0.05, 0.1) is 6.10 Å². The number of nitrogens with one attached hydrogen (secondary N) is 1. The van der Waals surface area contributed by atoms with Crippen LogP contribution in [0.1, 0.15) is 44.7 Å². The molecule has 1 heterocycles. The van der Waals surface area contributed by atoms with Gasteiger partial charge in [0.25, 0.3) is 0 Å². The molecule has 1 aromatic carbocycles. The summed E-state index contributed by atoms with van der Waals surface area (Å²) in [4.78, 5) is 2.59. The summed E-state index contributed by atoms with van der Waals surface area (Å²) < 4.78 is 5.73. The van der Waals surface area contributed by atoms with Crippen LogP contribution in [0.3, 0.4) is 0 Å². The Morgan fingerprint density at radius 1 is 1.19 bits per heavy atom. The Morgan fingerprint density at radius 2 is 1.90 bits per heavy atom. The van der Waals surface area contributed by atoms with E-state index in [2.05, 4.69) is 54.4 Å². The summed E-state index contributed by atoms with van der Waals surface area (Å²) in [6.45, 7) is 9.67. The predicted octanol–water partition coefficient (Wildman–Crippen LogP) is 3.23. The average Bonchev–Trinajstić information content (AvgIpc) is 2.54. The van der Waals surface area contributed by atoms with Crippen molar-refractivity contribution in [2.45, 2.75) is 45.3 Å². The molecule has 0 amide bonds. The lowest BCUT2D eigenvalue weighted by Gasteiger charge is -2.32. The van der Waals surface area contributed by atoms with Gasteiger partial charge in [-0.3, -0.25) is 0 Å². The molecule has 0 spiro atoms. The van der Waals surface area contributed by atoms with Crippen molar-refractivity contribution < 1.29 is 4.74 Å².